The maximum atomic E-state index is 12.7. The quantitative estimate of drug-likeness (QED) is 0.487. The van der Waals surface area contributed by atoms with Gasteiger partial charge in [0.2, 0.25) is 0 Å². The molecule has 8 heteroatoms. The number of aromatic hydroxyl groups is 1. The van der Waals surface area contributed by atoms with Crippen LogP contribution in [0.2, 0.25) is 0 Å². The monoisotopic (exact) mass is 443 g/mol. The number of nitrogens with one attached hydrogen (secondary N) is 2. The average molecular weight is 445 g/mol. The Morgan fingerprint density at radius 2 is 1.83 bits per heavy atom. The number of rotatable bonds is 5. The third kappa shape index (κ3) is 5.33. The van der Waals surface area contributed by atoms with E-state index in [2.05, 4.69) is 47.7 Å². The number of hydrazone groups is 1. The molecule has 2 aromatic carbocycles. The molecule has 0 saturated carbocycles. The predicted molar refractivity (Wildman–Crippen MR) is 94.1 cm³/mol. The lowest BCUT2D eigenvalue weighted by Gasteiger charge is -2.05. The summed E-state index contributed by atoms with van der Waals surface area (Å²) in [5, 5.41) is 16.3. The van der Waals surface area contributed by atoms with Crippen molar-refractivity contribution in [2.24, 2.45) is 5.10 Å². The van der Waals surface area contributed by atoms with E-state index < -0.39 is 0 Å². The number of anilines is 1. The molecule has 5 nitrogen and oxygen atoms in total. The molecule has 3 N–H and O–H groups in total. The minimum atomic E-state index is -0.345. The first-order chi connectivity index (χ1) is 11.0. The first-order valence-corrected chi connectivity index (χ1v) is 8.03. The summed E-state index contributed by atoms with van der Waals surface area (Å²) >= 11 is 6.42. The highest BCUT2D eigenvalue weighted by molar-refractivity contribution is 9.11. The predicted octanol–water partition coefficient (Wildman–Crippen LogP) is 3.62. The number of hydrogen-bond acceptors (Lipinski definition) is 4. The van der Waals surface area contributed by atoms with Crippen LogP contribution in [0, 0.1) is 5.82 Å². The van der Waals surface area contributed by atoms with Crippen LogP contribution in [0.15, 0.2) is 50.4 Å². The normalized spacial score (nSPS) is 10.7. The topological polar surface area (TPSA) is 73.7 Å². The number of halogens is 3. The minimum Gasteiger partial charge on any atom is -0.506 e. The van der Waals surface area contributed by atoms with Crippen molar-refractivity contribution in [2.45, 2.75) is 0 Å². The molecule has 0 saturated heterocycles. The Kier molecular flexibility index (Phi) is 6.12. The summed E-state index contributed by atoms with van der Waals surface area (Å²) < 4.78 is 13.8. The van der Waals surface area contributed by atoms with Gasteiger partial charge in [-0.05, 0) is 73.8 Å². The van der Waals surface area contributed by atoms with Crippen molar-refractivity contribution in [2.75, 3.05) is 11.9 Å². The van der Waals surface area contributed by atoms with E-state index in [-0.39, 0.29) is 24.0 Å². The molecule has 23 heavy (non-hydrogen) atoms. The van der Waals surface area contributed by atoms with Gasteiger partial charge in [0, 0.05) is 5.69 Å². The highest BCUT2D eigenvalue weighted by atomic mass is 79.9. The van der Waals surface area contributed by atoms with E-state index in [0.29, 0.717) is 20.2 Å². The second-order valence-corrected chi connectivity index (χ2v) is 6.20. The average Bonchev–Trinajstić information content (AvgIpc) is 2.52. The number of phenolic OH excluding ortho intramolecular Hbond substituents is 1. The number of nitrogens with zero attached hydrogens (tertiary/aromatic N) is 1. The summed E-state index contributed by atoms with van der Waals surface area (Å²) in [6.07, 6.45) is 1.45. The molecule has 0 unspecified atom stereocenters. The Bertz CT molecular complexity index is 713. The summed E-state index contributed by atoms with van der Waals surface area (Å²) in [5.41, 5.74) is 3.69. The zero-order valence-corrected chi connectivity index (χ0v) is 14.9. The van der Waals surface area contributed by atoms with Crippen molar-refractivity contribution in [1.82, 2.24) is 5.43 Å². The first-order valence-electron chi connectivity index (χ1n) is 6.45. The maximum absolute atomic E-state index is 12.7. The largest absolute Gasteiger partial charge is 0.506 e. The van der Waals surface area contributed by atoms with Gasteiger partial charge in [-0.3, -0.25) is 4.79 Å². The highest BCUT2D eigenvalue weighted by Gasteiger charge is 2.05. The number of phenols is 1. The standard InChI is InChI=1S/C15H12Br2FN3O2/c16-12-5-9(6-13(17)15(12)23)7-20-21-14(22)8-19-11-3-1-10(18)2-4-11/h1-7,19,23H,8H2,(H,21,22). The van der Waals surface area contributed by atoms with Crippen molar-refractivity contribution < 1.29 is 14.3 Å². The fourth-order valence-electron chi connectivity index (χ4n) is 1.63. The SMILES string of the molecule is O=C(CNc1ccc(F)cc1)NN=Cc1cc(Br)c(O)c(Br)c1. The molecule has 0 heterocycles. The maximum Gasteiger partial charge on any atom is 0.259 e. The van der Waals surface area contributed by atoms with Gasteiger partial charge in [0.05, 0.1) is 21.7 Å². The van der Waals surface area contributed by atoms with Gasteiger partial charge in [0.25, 0.3) is 5.91 Å². The molecule has 2 aromatic rings. The molecular weight excluding hydrogens is 433 g/mol. The number of hydrogen-bond donors (Lipinski definition) is 3. The van der Waals surface area contributed by atoms with E-state index in [0.717, 1.165) is 0 Å². The first kappa shape index (κ1) is 17.4. The molecule has 0 atom stereocenters. The Balaban J connectivity index is 1.85. The van der Waals surface area contributed by atoms with Crippen LogP contribution in [0.25, 0.3) is 0 Å². The van der Waals surface area contributed by atoms with Crippen LogP contribution in [-0.2, 0) is 4.79 Å². The summed E-state index contributed by atoms with van der Waals surface area (Å²) in [7, 11) is 0. The summed E-state index contributed by atoms with van der Waals surface area (Å²) in [5.74, 6) is -0.590. The molecule has 0 fully saturated rings. The number of benzene rings is 2. The lowest BCUT2D eigenvalue weighted by Crippen LogP contribution is -2.25. The van der Waals surface area contributed by atoms with Gasteiger partial charge < -0.3 is 10.4 Å². The molecule has 0 aliphatic heterocycles. The molecule has 2 rings (SSSR count). The molecule has 0 bridgehead atoms. The fourth-order valence-corrected chi connectivity index (χ4v) is 2.85. The van der Waals surface area contributed by atoms with Crippen LogP contribution in [0.4, 0.5) is 10.1 Å². The Morgan fingerprint density at radius 1 is 1.22 bits per heavy atom. The van der Waals surface area contributed by atoms with Gasteiger partial charge >= 0.3 is 0 Å². The zero-order chi connectivity index (χ0) is 16.8. The lowest BCUT2D eigenvalue weighted by atomic mass is 10.2. The Hall–Kier alpha value is -1.93. The van der Waals surface area contributed by atoms with Gasteiger partial charge in [-0.25, -0.2) is 9.82 Å². The molecule has 120 valence electrons. The van der Waals surface area contributed by atoms with Gasteiger partial charge in [0.15, 0.2) is 0 Å². The van der Waals surface area contributed by atoms with Crippen LogP contribution in [0.1, 0.15) is 5.56 Å². The van der Waals surface area contributed by atoms with E-state index in [4.69, 9.17) is 0 Å². The smallest absolute Gasteiger partial charge is 0.259 e. The van der Waals surface area contributed by atoms with Crippen LogP contribution in [0.5, 0.6) is 5.75 Å². The summed E-state index contributed by atoms with van der Waals surface area (Å²) in [6.45, 7) is 0.00589. The van der Waals surface area contributed by atoms with Crippen molar-refractivity contribution >= 4 is 49.7 Å². The third-order valence-corrected chi connectivity index (χ3v) is 3.95. The Morgan fingerprint density at radius 3 is 2.43 bits per heavy atom. The van der Waals surface area contributed by atoms with Crippen molar-refractivity contribution in [3.05, 3.63) is 56.7 Å². The fraction of sp³-hybridized carbons (Fsp3) is 0.0667. The van der Waals surface area contributed by atoms with Gasteiger partial charge in [0.1, 0.15) is 11.6 Å². The number of carbonyl (C=O) groups is 1. The van der Waals surface area contributed by atoms with Crippen LogP contribution < -0.4 is 10.7 Å². The zero-order valence-electron chi connectivity index (χ0n) is 11.7. The molecule has 0 spiro atoms. The van der Waals surface area contributed by atoms with Gasteiger partial charge in [-0.15, -0.1) is 0 Å². The van der Waals surface area contributed by atoms with E-state index in [1.165, 1.54) is 30.5 Å². The van der Waals surface area contributed by atoms with E-state index in [9.17, 15) is 14.3 Å². The van der Waals surface area contributed by atoms with E-state index in [1.807, 2.05) is 0 Å². The minimum absolute atomic E-state index is 0.00589. The summed E-state index contributed by atoms with van der Waals surface area (Å²) in [6, 6.07) is 9.01. The second kappa shape index (κ2) is 8.07. The molecule has 1 amide bonds. The number of carbonyl (C=O) groups excluding carboxylic acids is 1. The van der Waals surface area contributed by atoms with Crippen molar-refractivity contribution in [1.29, 1.82) is 0 Å². The van der Waals surface area contributed by atoms with Crippen LogP contribution in [0.3, 0.4) is 0 Å². The number of amides is 1. The molecule has 0 aliphatic rings. The van der Waals surface area contributed by atoms with Crippen LogP contribution in [-0.4, -0.2) is 23.8 Å². The van der Waals surface area contributed by atoms with Crippen molar-refractivity contribution in [3.63, 3.8) is 0 Å². The summed E-state index contributed by atoms with van der Waals surface area (Å²) in [4.78, 5) is 11.6. The molecule has 0 radical (unpaired) electrons. The second-order valence-electron chi connectivity index (χ2n) is 4.49. The molecular formula is C15H12Br2FN3O2. The van der Waals surface area contributed by atoms with Gasteiger partial charge in [-0.2, -0.15) is 5.10 Å². The van der Waals surface area contributed by atoms with Gasteiger partial charge in [-0.1, -0.05) is 0 Å². The van der Waals surface area contributed by atoms with Crippen molar-refractivity contribution in [3.8, 4) is 5.75 Å². The molecule has 0 aromatic heterocycles. The van der Waals surface area contributed by atoms with E-state index in [1.54, 1.807) is 12.1 Å². The van der Waals surface area contributed by atoms with E-state index >= 15 is 0 Å². The van der Waals surface area contributed by atoms with Crippen LogP contribution >= 0.6 is 31.9 Å². The lowest BCUT2D eigenvalue weighted by molar-refractivity contribution is -0.119. The Labute approximate surface area is 148 Å². The highest BCUT2D eigenvalue weighted by Crippen LogP contribution is 2.32. The molecule has 0 aliphatic carbocycles. The third-order valence-electron chi connectivity index (χ3n) is 2.74.